The fourth-order valence-corrected chi connectivity index (χ4v) is 0.996. The molecule has 0 radical (unpaired) electrons. The van der Waals surface area contributed by atoms with Gasteiger partial charge in [-0.15, -0.1) is 0 Å². The third-order valence-electron chi connectivity index (χ3n) is 1.70. The molecular weight excluding hydrogens is 186 g/mol. The van der Waals surface area contributed by atoms with E-state index in [2.05, 4.69) is 5.32 Å². The van der Waals surface area contributed by atoms with Crippen molar-refractivity contribution >= 4 is 0 Å². The summed E-state index contributed by atoms with van der Waals surface area (Å²) in [5, 5.41) is 11.5. The highest BCUT2D eigenvalue weighted by molar-refractivity contribution is 5.17. The Labute approximate surface area is 94.3 Å². The van der Waals surface area contributed by atoms with E-state index in [1.165, 1.54) is 5.56 Å². The first-order valence-corrected chi connectivity index (χ1v) is 5.74. The van der Waals surface area contributed by atoms with E-state index in [9.17, 15) is 0 Å². The van der Waals surface area contributed by atoms with Crippen molar-refractivity contribution in [3.63, 3.8) is 0 Å². The third kappa shape index (κ3) is 8.16. The van der Waals surface area contributed by atoms with Crippen molar-refractivity contribution in [3.8, 4) is 0 Å². The van der Waals surface area contributed by atoms with Gasteiger partial charge in [-0.05, 0) is 12.5 Å². The summed E-state index contributed by atoms with van der Waals surface area (Å²) in [4.78, 5) is 0. The molecule has 0 unspecified atom stereocenters. The summed E-state index contributed by atoms with van der Waals surface area (Å²) in [6, 6.07) is 10.3. The quantitative estimate of drug-likeness (QED) is 0.752. The highest BCUT2D eigenvalue weighted by Gasteiger charge is 2.00. The Bertz CT molecular complexity index is 199. The van der Waals surface area contributed by atoms with Crippen LogP contribution in [-0.4, -0.2) is 11.8 Å². The molecule has 2 nitrogen and oxygen atoms in total. The zero-order valence-electron chi connectivity index (χ0n) is 10.6. The van der Waals surface area contributed by atoms with Gasteiger partial charge in [-0.25, -0.2) is 0 Å². The van der Waals surface area contributed by atoms with Crippen LogP contribution in [0.15, 0.2) is 30.3 Å². The molecule has 1 aromatic rings. The summed E-state index contributed by atoms with van der Waals surface area (Å²) in [7, 11) is 0. The van der Waals surface area contributed by atoms with E-state index < -0.39 is 0 Å². The number of benzene rings is 1. The maximum absolute atomic E-state index is 8.59. The van der Waals surface area contributed by atoms with Crippen LogP contribution >= 0.6 is 0 Å². The monoisotopic (exact) mass is 211 g/mol. The second-order valence-corrected chi connectivity index (χ2v) is 2.49. The summed E-state index contributed by atoms with van der Waals surface area (Å²) in [6.07, 6.45) is 0. The molecule has 0 saturated heterocycles. The molecule has 1 rings (SSSR count). The average molecular weight is 211 g/mol. The molecule has 0 spiro atoms. The molecule has 0 aliphatic carbocycles. The summed E-state index contributed by atoms with van der Waals surface area (Å²) < 4.78 is 0. The minimum atomic E-state index is 0.0239. The standard InChI is InChI=1S/C9H13NO.2C2H6/c1-8(10-7-11)9-5-3-2-4-6-9;2*1-2/h2-6,8,10-11H,7H2,1H3;2*1-2H3/t8-;;/m1../s1. The van der Waals surface area contributed by atoms with Gasteiger partial charge in [0, 0.05) is 6.04 Å². The van der Waals surface area contributed by atoms with Gasteiger partial charge in [0.15, 0.2) is 0 Å². The van der Waals surface area contributed by atoms with E-state index in [4.69, 9.17) is 5.11 Å². The summed E-state index contributed by atoms with van der Waals surface area (Å²) in [6.45, 7) is 10.0. The van der Waals surface area contributed by atoms with Crippen molar-refractivity contribution in [3.05, 3.63) is 35.9 Å². The minimum Gasteiger partial charge on any atom is -0.381 e. The highest BCUT2D eigenvalue weighted by Crippen LogP contribution is 2.09. The number of hydrogen-bond acceptors (Lipinski definition) is 2. The largest absolute Gasteiger partial charge is 0.381 e. The van der Waals surface area contributed by atoms with Crippen molar-refractivity contribution in [1.82, 2.24) is 5.32 Å². The van der Waals surface area contributed by atoms with Gasteiger partial charge in [0.1, 0.15) is 0 Å². The van der Waals surface area contributed by atoms with Crippen LogP contribution in [0.1, 0.15) is 46.2 Å². The van der Waals surface area contributed by atoms with Crippen LogP contribution in [0.3, 0.4) is 0 Å². The Morgan fingerprint density at radius 2 is 1.53 bits per heavy atom. The Hall–Kier alpha value is -0.860. The van der Waals surface area contributed by atoms with Gasteiger partial charge >= 0.3 is 0 Å². The lowest BCUT2D eigenvalue weighted by molar-refractivity contribution is 0.245. The highest BCUT2D eigenvalue weighted by atomic mass is 16.3. The molecule has 15 heavy (non-hydrogen) atoms. The predicted octanol–water partition coefficient (Wildman–Crippen LogP) is 3.34. The number of aliphatic hydroxyl groups is 1. The molecule has 0 aromatic heterocycles. The first kappa shape index (κ1) is 16.6. The number of nitrogens with one attached hydrogen (secondary N) is 1. The number of hydrogen-bond donors (Lipinski definition) is 2. The topological polar surface area (TPSA) is 32.3 Å². The van der Waals surface area contributed by atoms with Gasteiger partial charge in [0.2, 0.25) is 0 Å². The van der Waals surface area contributed by atoms with Crippen molar-refractivity contribution in [1.29, 1.82) is 0 Å². The van der Waals surface area contributed by atoms with Crippen LogP contribution in [0.25, 0.3) is 0 Å². The van der Waals surface area contributed by atoms with Crippen molar-refractivity contribution in [2.75, 3.05) is 6.73 Å². The molecule has 2 heteroatoms. The Morgan fingerprint density at radius 3 is 1.93 bits per heavy atom. The Balaban J connectivity index is 0. The molecule has 1 aromatic carbocycles. The molecule has 0 aliphatic rings. The Morgan fingerprint density at radius 1 is 1.07 bits per heavy atom. The summed E-state index contributed by atoms with van der Waals surface area (Å²) in [5.74, 6) is 0. The number of aliphatic hydroxyl groups excluding tert-OH is 1. The van der Waals surface area contributed by atoms with Gasteiger partial charge in [0.05, 0.1) is 6.73 Å². The van der Waals surface area contributed by atoms with Crippen LogP contribution in [0.5, 0.6) is 0 Å². The van der Waals surface area contributed by atoms with Crippen LogP contribution in [0.2, 0.25) is 0 Å². The minimum absolute atomic E-state index is 0.0239. The first-order chi connectivity index (χ1) is 7.34. The molecule has 0 saturated carbocycles. The lowest BCUT2D eigenvalue weighted by Crippen LogP contribution is -2.18. The lowest BCUT2D eigenvalue weighted by Gasteiger charge is -2.10. The van der Waals surface area contributed by atoms with Gasteiger partial charge in [-0.3, -0.25) is 5.32 Å². The van der Waals surface area contributed by atoms with E-state index >= 15 is 0 Å². The summed E-state index contributed by atoms with van der Waals surface area (Å²) in [5.41, 5.74) is 1.20. The van der Waals surface area contributed by atoms with E-state index in [1.54, 1.807) is 0 Å². The zero-order valence-corrected chi connectivity index (χ0v) is 10.6. The molecule has 0 bridgehead atoms. The molecular formula is C13H25NO. The molecule has 1 atom stereocenters. The second kappa shape index (κ2) is 13.1. The molecule has 0 amide bonds. The van der Waals surface area contributed by atoms with Crippen molar-refractivity contribution < 1.29 is 5.11 Å². The fourth-order valence-electron chi connectivity index (χ4n) is 0.996. The van der Waals surface area contributed by atoms with Gasteiger partial charge in [0.25, 0.3) is 0 Å². The van der Waals surface area contributed by atoms with Crippen molar-refractivity contribution in [2.45, 2.75) is 40.7 Å². The maximum Gasteiger partial charge on any atom is 0.0936 e. The Kier molecular flexibility index (Phi) is 14.5. The third-order valence-corrected chi connectivity index (χ3v) is 1.70. The van der Waals surface area contributed by atoms with E-state index in [0.29, 0.717) is 0 Å². The fraction of sp³-hybridized carbons (Fsp3) is 0.538. The zero-order chi connectivity index (χ0) is 12.1. The maximum atomic E-state index is 8.59. The van der Waals surface area contributed by atoms with E-state index in [-0.39, 0.29) is 12.8 Å². The SMILES string of the molecule is CC.CC.C[C@@H](NCO)c1ccccc1. The molecule has 88 valence electrons. The molecule has 0 aliphatic heterocycles. The van der Waals surface area contributed by atoms with Crippen LogP contribution in [0, 0.1) is 0 Å². The van der Waals surface area contributed by atoms with Gasteiger partial charge < -0.3 is 5.11 Å². The molecule has 2 N–H and O–H groups in total. The van der Waals surface area contributed by atoms with E-state index in [1.807, 2.05) is 65.0 Å². The molecule has 0 heterocycles. The van der Waals surface area contributed by atoms with Crippen LogP contribution < -0.4 is 5.32 Å². The van der Waals surface area contributed by atoms with Crippen LogP contribution in [-0.2, 0) is 0 Å². The first-order valence-electron chi connectivity index (χ1n) is 5.74. The van der Waals surface area contributed by atoms with E-state index in [0.717, 1.165) is 0 Å². The lowest BCUT2D eigenvalue weighted by atomic mass is 10.1. The van der Waals surface area contributed by atoms with Gasteiger partial charge in [-0.2, -0.15) is 0 Å². The summed E-state index contributed by atoms with van der Waals surface area (Å²) >= 11 is 0. The average Bonchev–Trinajstić information content (AvgIpc) is 2.36. The van der Waals surface area contributed by atoms with Crippen molar-refractivity contribution in [2.24, 2.45) is 0 Å². The number of rotatable bonds is 3. The van der Waals surface area contributed by atoms with Gasteiger partial charge in [-0.1, -0.05) is 58.0 Å². The second-order valence-electron chi connectivity index (χ2n) is 2.49. The smallest absolute Gasteiger partial charge is 0.0936 e. The normalized spacial score (nSPS) is 10.3. The predicted molar refractivity (Wildman–Crippen MR) is 67.8 cm³/mol. The van der Waals surface area contributed by atoms with Crippen LogP contribution in [0.4, 0.5) is 0 Å². The molecule has 0 fully saturated rings.